The van der Waals surface area contributed by atoms with Gasteiger partial charge in [-0.1, -0.05) is 94.3 Å². The zero-order chi connectivity index (χ0) is 27.8. The molecule has 1 aliphatic heterocycles. The summed E-state index contributed by atoms with van der Waals surface area (Å²) in [7, 11) is -1.08. The molecule has 0 saturated carbocycles. The Hall–Kier alpha value is -2.19. The van der Waals surface area contributed by atoms with Crippen LogP contribution in [0.15, 0.2) is 60.7 Å². The number of benzene rings is 2. The van der Waals surface area contributed by atoms with Crippen LogP contribution in [0.25, 0.3) is 0 Å². The summed E-state index contributed by atoms with van der Waals surface area (Å²) in [5.41, 5.74) is -0.440. The molecule has 1 aliphatic rings. The molecule has 1 heterocycles. The van der Waals surface area contributed by atoms with E-state index in [0.717, 1.165) is 38.5 Å². The van der Waals surface area contributed by atoms with Gasteiger partial charge in [0.05, 0.1) is 12.7 Å². The first-order valence-corrected chi connectivity index (χ1v) is 15.9. The molecule has 3 rings (SSSR count). The number of carbonyl (C=O) groups is 1. The van der Waals surface area contributed by atoms with Gasteiger partial charge >= 0.3 is 6.09 Å². The molecule has 0 spiro atoms. The first-order chi connectivity index (χ1) is 18.0. The number of likely N-dealkylation sites (tertiary alicyclic amines) is 1. The second-order valence-corrected chi connectivity index (χ2v) is 16.5. The largest absolute Gasteiger partial charge is 0.453 e. The minimum atomic E-state index is -2.50. The molecule has 2 unspecified atom stereocenters. The fourth-order valence-corrected chi connectivity index (χ4v) is 10.0. The lowest BCUT2D eigenvalue weighted by Crippen LogP contribution is -2.66. The number of methoxy groups -OCH3 is 1. The van der Waals surface area contributed by atoms with Crippen molar-refractivity contribution in [1.82, 2.24) is 4.90 Å². The van der Waals surface area contributed by atoms with Crippen molar-refractivity contribution in [3.63, 3.8) is 0 Å². The van der Waals surface area contributed by atoms with Crippen LogP contribution in [0.2, 0.25) is 5.04 Å². The summed E-state index contributed by atoms with van der Waals surface area (Å²) in [6.07, 6.45) is 4.78. The quantitative estimate of drug-likeness (QED) is 0.142. The van der Waals surface area contributed by atoms with E-state index in [1.807, 2.05) is 20.8 Å². The van der Waals surface area contributed by atoms with Crippen LogP contribution in [0.5, 0.6) is 0 Å². The minimum absolute atomic E-state index is 0.0231. The van der Waals surface area contributed by atoms with E-state index in [1.165, 1.54) is 17.5 Å². The van der Waals surface area contributed by atoms with Crippen LogP contribution in [-0.4, -0.2) is 50.9 Å². The molecule has 1 saturated heterocycles. The summed E-state index contributed by atoms with van der Waals surface area (Å²) < 4.78 is 12.1. The Morgan fingerprint density at radius 3 is 1.95 bits per heavy atom. The Morgan fingerprint density at radius 1 is 0.868 bits per heavy atom. The number of amides is 1. The van der Waals surface area contributed by atoms with Crippen LogP contribution in [0.3, 0.4) is 0 Å². The average Bonchev–Trinajstić information content (AvgIpc) is 3.29. The van der Waals surface area contributed by atoms with E-state index in [4.69, 9.17) is 18.9 Å². The molecule has 0 N–H and O–H groups in total. The van der Waals surface area contributed by atoms with Crippen LogP contribution in [0.4, 0.5) is 4.79 Å². The zero-order valence-corrected chi connectivity index (χ0v) is 25.4. The highest BCUT2D eigenvalue weighted by Crippen LogP contribution is 2.37. The highest BCUT2D eigenvalue weighted by molar-refractivity contribution is 6.99. The molecular weight excluding hydrogens is 494 g/mol. The fraction of sp³-hybridized carbons (Fsp3) is 0.581. The van der Waals surface area contributed by atoms with Crippen molar-refractivity contribution < 1.29 is 23.7 Å². The van der Waals surface area contributed by atoms with Gasteiger partial charge in [0.15, 0.2) is 6.23 Å². The lowest BCUT2D eigenvalue weighted by molar-refractivity contribution is -0.388. The third kappa shape index (κ3) is 7.47. The standard InChI is InChI=1S/C31H47NO5Si/c1-30(2,3)37-36-28-23-22-25(32(28)29(33)34-7)17-11-10-16-24-35-38(31(4,5)6,26-18-12-8-13-19-26)27-20-14-9-15-21-27/h8-9,12-15,18-21,25,28H,10-11,16-17,22-24H2,1-7H3. The van der Waals surface area contributed by atoms with Gasteiger partial charge in [-0.3, -0.25) is 4.90 Å². The van der Waals surface area contributed by atoms with E-state index in [1.54, 1.807) is 4.90 Å². The maximum Gasteiger partial charge on any atom is 0.411 e. The summed E-state index contributed by atoms with van der Waals surface area (Å²) in [4.78, 5) is 25.4. The molecule has 2 aromatic rings. The maximum atomic E-state index is 12.5. The van der Waals surface area contributed by atoms with Gasteiger partial charge in [-0.2, -0.15) is 0 Å². The van der Waals surface area contributed by atoms with Gasteiger partial charge in [-0.25, -0.2) is 14.6 Å². The molecule has 210 valence electrons. The molecule has 1 amide bonds. The number of unbranched alkanes of at least 4 members (excludes halogenated alkanes) is 2. The van der Waals surface area contributed by atoms with Crippen molar-refractivity contribution in [1.29, 1.82) is 0 Å². The Bertz CT molecular complexity index is 947. The van der Waals surface area contributed by atoms with Crippen LogP contribution in [0, 0.1) is 0 Å². The topological polar surface area (TPSA) is 57.2 Å². The third-order valence-corrected chi connectivity index (χ3v) is 12.2. The molecule has 0 aliphatic carbocycles. The van der Waals surface area contributed by atoms with Crippen molar-refractivity contribution in [2.75, 3.05) is 13.7 Å². The number of nitrogens with zero attached hydrogens (tertiary/aromatic N) is 1. The highest BCUT2D eigenvalue weighted by atomic mass is 28.4. The Balaban J connectivity index is 1.60. The monoisotopic (exact) mass is 541 g/mol. The van der Waals surface area contributed by atoms with Gasteiger partial charge in [0.25, 0.3) is 8.32 Å². The molecule has 2 aromatic carbocycles. The second kappa shape index (κ2) is 13.2. The predicted octanol–water partition coefficient (Wildman–Crippen LogP) is 6.43. The van der Waals surface area contributed by atoms with Crippen LogP contribution in [0.1, 0.15) is 80.1 Å². The predicted molar refractivity (Wildman–Crippen MR) is 155 cm³/mol. The lowest BCUT2D eigenvalue weighted by Gasteiger charge is -2.43. The molecule has 7 heteroatoms. The van der Waals surface area contributed by atoms with Gasteiger partial charge in [0.1, 0.15) is 0 Å². The minimum Gasteiger partial charge on any atom is -0.453 e. The molecule has 0 aromatic heterocycles. The highest BCUT2D eigenvalue weighted by Gasteiger charge is 2.50. The van der Waals surface area contributed by atoms with E-state index in [9.17, 15) is 4.79 Å². The SMILES string of the molecule is COC(=O)N1C(CCCCCO[Si](c2ccccc2)(c2ccccc2)C(C)(C)C)CCC1OOC(C)(C)C. The van der Waals surface area contributed by atoms with Gasteiger partial charge in [0, 0.05) is 12.6 Å². The molecule has 0 radical (unpaired) electrons. The zero-order valence-electron chi connectivity index (χ0n) is 24.4. The van der Waals surface area contributed by atoms with Crippen molar-refractivity contribution in [3.8, 4) is 0 Å². The van der Waals surface area contributed by atoms with E-state index < -0.39 is 20.1 Å². The van der Waals surface area contributed by atoms with Crippen molar-refractivity contribution in [2.24, 2.45) is 0 Å². The number of hydrogen-bond donors (Lipinski definition) is 0. The molecule has 6 nitrogen and oxygen atoms in total. The molecule has 1 fully saturated rings. The van der Waals surface area contributed by atoms with E-state index in [2.05, 4.69) is 81.4 Å². The first kappa shape index (κ1) is 30.3. The molecule has 2 atom stereocenters. The van der Waals surface area contributed by atoms with Crippen LogP contribution >= 0.6 is 0 Å². The van der Waals surface area contributed by atoms with Gasteiger partial charge in [-0.15, -0.1) is 0 Å². The smallest absolute Gasteiger partial charge is 0.411 e. The van der Waals surface area contributed by atoms with Gasteiger partial charge in [0.2, 0.25) is 0 Å². The molecule has 38 heavy (non-hydrogen) atoms. The van der Waals surface area contributed by atoms with E-state index >= 15 is 0 Å². The average molecular weight is 542 g/mol. The van der Waals surface area contributed by atoms with Crippen LogP contribution in [-0.2, 0) is 18.9 Å². The van der Waals surface area contributed by atoms with E-state index in [0.29, 0.717) is 6.61 Å². The summed E-state index contributed by atoms with van der Waals surface area (Å²) in [5.74, 6) is 0. The number of hydrogen-bond acceptors (Lipinski definition) is 5. The number of rotatable bonds is 11. The Kier molecular flexibility index (Phi) is 10.6. The van der Waals surface area contributed by atoms with Gasteiger partial charge < -0.3 is 9.16 Å². The molecule has 0 bridgehead atoms. The Labute approximate surface area is 230 Å². The normalized spacial score (nSPS) is 18.6. The van der Waals surface area contributed by atoms with Crippen molar-refractivity contribution >= 4 is 24.8 Å². The lowest BCUT2D eigenvalue weighted by atomic mass is 10.1. The summed E-state index contributed by atoms with van der Waals surface area (Å²) in [6, 6.07) is 21.6. The fourth-order valence-electron chi connectivity index (χ4n) is 5.44. The summed E-state index contributed by atoms with van der Waals surface area (Å²) in [6.45, 7) is 13.4. The summed E-state index contributed by atoms with van der Waals surface area (Å²) >= 11 is 0. The third-order valence-electron chi connectivity index (χ3n) is 7.16. The second-order valence-electron chi connectivity index (χ2n) is 12.2. The van der Waals surface area contributed by atoms with Crippen LogP contribution < -0.4 is 10.4 Å². The van der Waals surface area contributed by atoms with Crippen molar-refractivity contribution in [3.05, 3.63) is 60.7 Å². The summed E-state index contributed by atoms with van der Waals surface area (Å²) in [5, 5.41) is 2.59. The first-order valence-electron chi connectivity index (χ1n) is 14.0. The molecular formula is C31H47NO5Si. The Morgan fingerprint density at radius 2 is 1.45 bits per heavy atom. The maximum absolute atomic E-state index is 12.5. The van der Waals surface area contributed by atoms with E-state index in [-0.39, 0.29) is 17.2 Å². The van der Waals surface area contributed by atoms with Crippen molar-refractivity contribution in [2.45, 2.75) is 103 Å². The number of ether oxygens (including phenoxy) is 1. The number of carbonyl (C=O) groups excluding carboxylic acids is 1. The van der Waals surface area contributed by atoms with Gasteiger partial charge in [-0.05, 0) is 61.9 Å².